The minimum absolute atomic E-state index is 0.522. The van der Waals surface area contributed by atoms with Crippen molar-refractivity contribution in [3.8, 4) is 22.3 Å². The van der Waals surface area contributed by atoms with Crippen molar-refractivity contribution in [1.29, 1.82) is 0 Å². The topological polar surface area (TPSA) is 80.5 Å². The van der Waals surface area contributed by atoms with Crippen LogP contribution in [0.15, 0.2) is 73.2 Å². The maximum absolute atomic E-state index is 5.87. The number of nitrogens with one attached hydrogen (secondary N) is 1. The monoisotopic (exact) mass is 337 g/mol. The molecule has 0 aliphatic rings. The fraction of sp³-hybridized carbons (Fsp3) is 0. The van der Waals surface area contributed by atoms with Gasteiger partial charge in [0, 0.05) is 29.4 Å². The number of H-pyrrole nitrogens is 1. The van der Waals surface area contributed by atoms with Gasteiger partial charge in [-0.1, -0.05) is 12.1 Å². The molecule has 0 unspecified atom stereocenters. The van der Waals surface area contributed by atoms with Crippen molar-refractivity contribution in [2.75, 3.05) is 5.73 Å². The van der Waals surface area contributed by atoms with Crippen LogP contribution >= 0.6 is 0 Å². The molecular formula is C21H15N5. The van der Waals surface area contributed by atoms with Gasteiger partial charge in [0.2, 0.25) is 0 Å². The molecule has 26 heavy (non-hydrogen) atoms. The molecule has 0 atom stereocenters. The van der Waals surface area contributed by atoms with Crippen molar-refractivity contribution >= 4 is 27.6 Å². The highest BCUT2D eigenvalue weighted by Crippen LogP contribution is 2.32. The third-order valence-electron chi connectivity index (χ3n) is 4.66. The Morgan fingerprint density at radius 2 is 1.54 bits per heavy atom. The van der Waals surface area contributed by atoms with Crippen LogP contribution in [0.25, 0.3) is 44.1 Å². The van der Waals surface area contributed by atoms with E-state index in [0.29, 0.717) is 5.82 Å². The molecular weight excluding hydrogens is 322 g/mol. The zero-order chi connectivity index (χ0) is 17.5. The number of anilines is 1. The minimum Gasteiger partial charge on any atom is -0.382 e. The standard InChI is InChI=1S/C21H15N5/c22-21-17-3-1-15(12-20(17)25-26-21)14-2-4-19-18(11-14)16(7-10-24-19)13-5-8-23-9-6-13/h1-12H,(H3,22,25,26). The molecule has 5 nitrogen and oxygen atoms in total. The van der Waals surface area contributed by atoms with Crippen molar-refractivity contribution in [2.24, 2.45) is 0 Å². The molecule has 124 valence electrons. The SMILES string of the molecule is Nc1n[nH]c2cc(-c3ccc4nccc(-c5ccncc5)c4c3)ccc12. The molecule has 5 heteroatoms. The summed E-state index contributed by atoms with van der Waals surface area (Å²) in [6.07, 6.45) is 5.46. The summed E-state index contributed by atoms with van der Waals surface area (Å²) in [5, 5.41) is 9.10. The largest absolute Gasteiger partial charge is 0.382 e. The summed E-state index contributed by atoms with van der Waals surface area (Å²) in [5.41, 5.74) is 12.3. The van der Waals surface area contributed by atoms with Gasteiger partial charge in [0.25, 0.3) is 0 Å². The molecule has 0 radical (unpaired) electrons. The van der Waals surface area contributed by atoms with Gasteiger partial charge in [-0.2, -0.15) is 5.10 Å². The lowest BCUT2D eigenvalue weighted by Crippen LogP contribution is -1.87. The van der Waals surface area contributed by atoms with E-state index in [0.717, 1.165) is 44.1 Å². The molecule has 3 heterocycles. The quantitative estimate of drug-likeness (QED) is 0.499. The van der Waals surface area contributed by atoms with E-state index in [1.165, 1.54) is 0 Å². The first-order chi connectivity index (χ1) is 12.8. The molecule has 0 amide bonds. The highest BCUT2D eigenvalue weighted by Gasteiger charge is 2.08. The molecule has 0 aliphatic heterocycles. The predicted molar refractivity (Wildman–Crippen MR) is 104 cm³/mol. The number of nitrogens with two attached hydrogens (primary N) is 1. The summed E-state index contributed by atoms with van der Waals surface area (Å²) in [6, 6.07) is 18.5. The highest BCUT2D eigenvalue weighted by atomic mass is 15.1. The summed E-state index contributed by atoms with van der Waals surface area (Å²) >= 11 is 0. The third-order valence-corrected chi connectivity index (χ3v) is 4.66. The van der Waals surface area contributed by atoms with E-state index >= 15 is 0 Å². The summed E-state index contributed by atoms with van der Waals surface area (Å²) in [6.45, 7) is 0. The second-order valence-corrected chi connectivity index (χ2v) is 6.20. The van der Waals surface area contributed by atoms with Crippen LogP contribution in [-0.2, 0) is 0 Å². The first kappa shape index (κ1) is 14.6. The van der Waals surface area contributed by atoms with Gasteiger partial charge in [-0.3, -0.25) is 15.1 Å². The molecule has 0 aliphatic carbocycles. The number of hydrogen-bond donors (Lipinski definition) is 2. The fourth-order valence-corrected chi connectivity index (χ4v) is 3.33. The predicted octanol–water partition coefficient (Wildman–Crippen LogP) is 4.42. The Balaban J connectivity index is 1.71. The van der Waals surface area contributed by atoms with E-state index in [-0.39, 0.29) is 0 Å². The number of aromatic amines is 1. The Kier molecular flexibility index (Phi) is 3.18. The molecule has 3 aromatic heterocycles. The zero-order valence-electron chi connectivity index (χ0n) is 13.8. The Labute approximate surface area is 149 Å². The summed E-state index contributed by atoms with van der Waals surface area (Å²) in [4.78, 5) is 8.62. The maximum Gasteiger partial charge on any atom is 0.153 e. The third kappa shape index (κ3) is 2.29. The number of nitrogen functional groups attached to an aromatic ring is 1. The molecule has 2 aromatic carbocycles. The summed E-state index contributed by atoms with van der Waals surface area (Å²) in [5.74, 6) is 0.522. The first-order valence-corrected chi connectivity index (χ1v) is 8.33. The average Bonchev–Trinajstić information content (AvgIpc) is 3.08. The lowest BCUT2D eigenvalue weighted by molar-refractivity contribution is 1.13. The lowest BCUT2D eigenvalue weighted by Gasteiger charge is -2.09. The minimum atomic E-state index is 0.522. The summed E-state index contributed by atoms with van der Waals surface area (Å²) < 4.78 is 0. The molecule has 0 saturated carbocycles. The second-order valence-electron chi connectivity index (χ2n) is 6.20. The van der Waals surface area contributed by atoms with Crippen LogP contribution < -0.4 is 5.73 Å². The molecule has 5 aromatic rings. The van der Waals surface area contributed by atoms with Gasteiger partial charge in [-0.05, 0) is 64.7 Å². The van der Waals surface area contributed by atoms with Gasteiger partial charge in [-0.15, -0.1) is 0 Å². The zero-order valence-corrected chi connectivity index (χ0v) is 13.8. The average molecular weight is 337 g/mol. The van der Waals surface area contributed by atoms with Crippen LogP contribution in [0.4, 0.5) is 5.82 Å². The Bertz CT molecular complexity index is 1240. The van der Waals surface area contributed by atoms with E-state index in [9.17, 15) is 0 Å². The van der Waals surface area contributed by atoms with Crippen LogP contribution in [0, 0.1) is 0 Å². The molecule has 3 N–H and O–H groups in total. The van der Waals surface area contributed by atoms with Crippen LogP contribution in [0.2, 0.25) is 0 Å². The van der Waals surface area contributed by atoms with Crippen molar-refractivity contribution in [2.45, 2.75) is 0 Å². The van der Waals surface area contributed by atoms with E-state index in [2.05, 4.69) is 50.5 Å². The molecule has 0 saturated heterocycles. The number of nitrogens with zero attached hydrogens (tertiary/aromatic N) is 3. The maximum atomic E-state index is 5.87. The number of hydrogen-bond acceptors (Lipinski definition) is 4. The van der Waals surface area contributed by atoms with Crippen LogP contribution in [0.3, 0.4) is 0 Å². The second kappa shape index (κ2) is 5.67. The van der Waals surface area contributed by atoms with Gasteiger partial charge in [0.15, 0.2) is 5.82 Å². The Morgan fingerprint density at radius 3 is 2.42 bits per heavy atom. The van der Waals surface area contributed by atoms with Crippen LogP contribution in [0.5, 0.6) is 0 Å². The lowest BCUT2D eigenvalue weighted by atomic mass is 9.97. The van der Waals surface area contributed by atoms with E-state index in [1.54, 1.807) is 0 Å². The fourth-order valence-electron chi connectivity index (χ4n) is 3.33. The van der Waals surface area contributed by atoms with Crippen molar-refractivity contribution < 1.29 is 0 Å². The number of pyridine rings is 2. The van der Waals surface area contributed by atoms with Crippen molar-refractivity contribution in [1.82, 2.24) is 20.2 Å². The van der Waals surface area contributed by atoms with Gasteiger partial charge in [-0.25, -0.2) is 0 Å². The number of fused-ring (bicyclic) bond motifs is 2. The van der Waals surface area contributed by atoms with Gasteiger partial charge in [0.1, 0.15) is 0 Å². The Morgan fingerprint density at radius 1 is 0.731 bits per heavy atom. The van der Waals surface area contributed by atoms with Crippen molar-refractivity contribution in [3.63, 3.8) is 0 Å². The Hall–Kier alpha value is -3.73. The van der Waals surface area contributed by atoms with Gasteiger partial charge >= 0.3 is 0 Å². The molecule has 0 bridgehead atoms. The van der Waals surface area contributed by atoms with Gasteiger partial charge in [0.05, 0.1) is 11.0 Å². The first-order valence-electron chi connectivity index (χ1n) is 8.33. The highest BCUT2D eigenvalue weighted by molar-refractivity contribution is 5.98. The number of rotatable bonds is 2. The molecule has 5 rings (SSSR count). The van der Waals surface area contributed by atoms with E-state index in [4.69, 9.17) is 5.73 Å². The van der Waals surface area contributed by atoms with E-state index < -0.39 is 0 Å². The van der Waals surface area contributed by atoms with E-state index in [1.807, 2.05) is 42.9 Å². The van der Waals surface area contributed by atoms with Crippen LogP contribution in [0.1, 0.15) is 0 Å². The molecule has 0 fully saturated rings. The van der Waals surface area contributed by atoms with Crippen molar-refractivity contribution in [3.05, 3.63) is 73.2 Å². The smallest absolute Gasteiger partial charge is 0.153 e. The van der Waals surface area contributed by atoms with Crippen LogP contribution in [-0.4, -0.2) is 20.2 Å². The van der Waals surface area contributed by atoms with Gasteiger partial charge < -0.3 is 5.73 Å². The number of benzene rings is 2. The molecule has 0 spiro atoms. The number of aromatic nitrogens is 4. The normalized spacial score (nSPS) is 11.2. The summed E-state index contributed by atoms with van der Waals surface area (Å²) in [7, 11) is 0.